The minimum atomic E-state index is 0.689. The molecule has 0 saturated carbocycles. The van der Waals surface area contributed by atoms with E-state index in [0.717, 1.165) is 136 Å². The van der Waals surface area contributed by atoms with Gasteiger partial charge in [0, 0.05) is 60.9 Å². The summed E-state index contributed by atoms with van der Waals surface area (Å²) in [7, 11) is 0. The number of anilines is 6. The Balaban J connectivity index is 0.949. The number of pyridine rings is 1. The Bertz CT molecular complexity index is 4210. The lowest BCUT2D eigenvalue weighted by Crippen LogP contribution is -2.13. The lowest BCUT2D eigenvalue weighted by molar-refractivity contribution is 0.668. The molecule has 7 nitrogen and oxygen atoms in total. The van der Waals surface area contributed by atoms with Gasteiger partial charge in [0.15, 0.2) is 5.82 Å². The van der Waals surface area contributed by atoms with Crippen LogP contribution in [0.4, 0.5) is 34.3 Å². The Kier molecular flexibility index (Phi) is 8.10. The van der Waals surface area contributed by atoms with Gasteiger partial charge in [-0.15, -0.1) is 11.3 Å². The first kappa shape index (κ1) is 38.0. The summed E-state index contributed by atoms with van der Waals surface area (Å²) in [5.41, 5.74) is 9.78. The first-order valence-corrected chi connectivity index (χ1v) is 23.8. The van der Waals surface area contributed by atoms with E-state index in [4.69, 9.17) is 23.8 Å². The lowest BCUT2D eigenvalue weighted by atomic mass is 9.99. The summed E-state index contributed by atoms with van der Waals surface area (Å²) in [4.78, 5) is 21.3. The van der Waals surface area contributed by atoms with Crippen molar-refractivity contribution in [1.82, 2.24) is 15.0 Å². The molecule has 0 radical (unpaired) electrons. The van der Waals surface area contributed by atoms with Gasteiger partial charge in [0.2, 0.25) is 0 Å². The first-order chi connectivity index (χ1) is 34.2. The van der Waals surface area contributed by atoms with Gasteiger partial charge >= 0.3 is 0 Å². The number of fused-ring (bicyclic) bond motifs is 13. The Labute approximate surface area is 397 Å². The normalized spacial score (nSPS) is 12.1. The van der Waals surface area contributed by atoms with E-state index in [1.165, 1.54) is 0 Å². The van der Waals surface area contributed by atoms with Crippen molar-refractivity contribution in [3.05, 3.63) is 213 Å². The summed E-state index contributed by atoms with van der Waals surface area (Å²) in [6.45, 7) is 0. The molecule has 322 valence electrons. The van der Waals surface area contributed by atoms with E-state index in [1.54, 1.807) is 11.3 Å². The minimum absolute atomic E-state index is 0.689. The van der Waals surface area contributed by atoms with Gasteiger partial charge in [-0.25, -0.2) is 9.97 Å². The second kappa shape index (κ2) is 14.7. The van der Waals surface area contributed by atoms with Crippen molar-refractivity contribution >= 4 is 153 Å². The topological polar surface area (TPSA) is 71.4 Å². The van der Waals surface area contributed by atoms with Crippen LogP contribution in [0.25, 0.3) is 108 Å². The largest absolute Gasteiger partial charge is 0.456 e. The van der Waals surface area contributed by atoms with E-state index < -0.39 is 0 Å². The Hall–Kier alpha value is -9.11. The molecule has 5 heterocycles. The fraction of sp³-hybridized carbons (Fsp3) is 0. The van der Waals surface area contributed by atoms with Crippen molar-refractivity contribution in [2.24, 2.45) is 0 Å². The lowest BCUT2D eigenvalue weighted by Gasteiger charge is -2.28. The second-order valence-electron chi connectivity index (χ2n) is 17.6. The van der Waals surface area contributed by atoms with Gasteiger partial charge in [0.25, 0.3) is 0 Å². The highest BCUT2D eigenvalue weighted by molar-refractivity contribution is 7.25. The van der Waals surface area contributed by atoms with E-state index >= 15 is 0 Å². The van der Waals surface area contributed by atoms with Crippen LogP contribution in [-0.4, -0.2) is 15.0 Å². The quantitative estimate of drug-likeness (QED) is 0.154. The summed E-state index contributed by atoms with van der Waals surface area (Å²) in [5.74, 6) is 0.689. The predicted molar refractivity (Wildman–Crippen MR) is 287 cm³/mol. The minimum Gasteiger partial charge on any atom is -0.456 e. The van der Waals surface area contributed by atoms with Gasteiger partial charge in [0.1, 0.15) is 38.2 Å². The number of hydrogen-bond acceptors (Lipinski definition) is 8. The molecule has 15 rings (SSSR count). The zero-order chi connectivity index (χ0) is 45.2. The van der Waals surface area contributed by atoms with Gasteiger partial charge < -0.3 is 13.7 Å². The smallest absolute Gasteiger partial charge is 0.157 e. The fourth-order valence-electron chi connectivity index (χ4n) is 10.6. The van der Waals surface area contributed by atoms with Crippen LogP contribution in [-0.2, 0) is 0 Å². The van der Waals surface area contributed by atoms with Crippen molar-refractivity contribution in [3.63, 3.8) is 0 Å². The molecule has 15 aromatic rings. The molecule has 10 aromatic carbocycles. The molecule has 0 unspecified atom stereocenters. The molecule has 0 aliphatic carbocycles. The monoisotopic (exact) mass is 901 g/mol. The van der Waals surface area contributed by atoms with Gasteiger partial charge in [-0.2, -0.15) is 0 Å². The molecule has 0 aliphatic rings. The number of aromatic nitrogens is 3. The Morgan fingerprint density at radius 1 is 0.348 bits per heavy atom. The number of hydrogen-bond donors (Lipinski definition) is 0. The predicted octanol–water partition coefficient (Wildman–Crippen LogP) is 17.6. The van der Waals surface area contributed by atoms with Crippen LogP contribution in [0.15, 0.2) is 221 Å². The molecule has 0 fully saturated rings. The third-order valence-corrected chi connectivity index (χ3v) is 14.7. The zero-order valence-corrected chi connectivity index (χ0v) is 37.5. The fourth-order valence-corrected chi connectivity index (χ4v) is 11.6. The van der Waals surface area contributed by atoms with Crippen LogP contribution in [0.5, 0.6) is 0 Å². The summed E-state index contributed by atoms with van der Waals surface area (Å²) in [6, 6.07) is 70.5. The average Bonchev–Trinajstić information content (AvgIpc) is 4.09. The molecule has 0 amide bonds. The van der Waals surface area contributed by atoms with Gasteiger partial charge in [-0.05, 0) is 76.1 Å². The number of nitrogens with zero attached hydrogens (tertiary/aromatic N) is 5. The maximum atomic E-state index is 6.51. The maximum absolute atomic E-state index is 6.51. The Morgan fingerprint density at radius 2 is 0.783 bits per heavy atom. The van der Waals surface area contributed by atoms with E-state index in [-0.39, 0.29) is 0 Å². The molecule has 0 atom stereocenters. The van der Waals surface area contributed by atoms with Crippen molar-refractivity contribution in [3.8, 4) is 0 Å². The van der Waals surface area contributed by atoms with Gasteiger partial charge in [-0.1, -0.05) is 133 Å². The van der Waals surface area contributed by atoms with Gasteiger partial charge in [0.05, 0.1) is 39.8 Å². The SMILES string of the molecule is c1ccc2c(N(c3ccc4c(c3)oc3ccccc34)c3cnc4c(c3)sc3nc(N(c5ccc6c(c5)oc5ccccc56)c5c6ccccc6cc6ccccc56)cnc34)c3ccccc3cc2c1. The maximum Gasteiger partial charge on any atom is 0.157 e. The zero-order valence-electron chi connectivity index (χ0n) is 36.7. The Morgan fingerprint density at radius 3 is 1.32 bits per heavy atom. The standard InChI is InChI=1S/C61H35N5O2S/c1-5-17-43-36(13-1)29-37-14-2-6-18-44(37)59(43)65(40-25-27-49-47-21-9-11-23-51(47)67-53(49)31-40)42-33-55-57(62-34-42)58-61(69-55)64-56(35-63-58)66(41-26-28-50-48-22-10-12-24-52(48)68-54(50)32-41)60-45-19-7-3-15-38(45)30-39-16-4-8-20-46(39)60/h1-35H. The summed E-state index contributed by atoms with van der Waals surface area (Å²) in [5, 5.41) is 13.4. The summed E-state index contributed by atoms with van der Waals surface area (Å²) < 4.78 is 14.0. The van der Waals surface area contributed by atoms with Crippen LogP contribution in [0, 0.1) is 0 Å². The second-order valence-corrected chi connectivity index (χ2v) is 18.6. The highest BCUT2D eigenvalue weighted by Crippen LogP contribution is 2.48. The van der Waals surface area contributed by atoms with Crippen LogP contribution >= 0.6 is 11.3 Å². The molecule has 0 aliphatic heterocycles. The molecule has 8 heteroatoms. The van der Waals surface area contributed by atoms with Crippen molar-refractivity contribution in [1.29, 1.82) is 0 Å². The molecule has 5 aromatic heterocycles. The van der Waals surface area contributed by atoms with Gasteiger partial charge in [-0.3, -0.25) is 9.88 Å². The van der Waals surface area contributed by atoms with Crippen LogP contribution < -0.4 is 9.80 Å². The highest BCUT2D eigenvalue weighted by atomic mass is 32.1. The third kappa shape index (κ3) is 5.82. The van der Waals surface area contributed by atoms with E-state index in [1.807, 2.05) is 36.7 Å². The number of rotatable bonds is 6. The van der Waals surface area contributed by atoms with Crippen LogP contribution in [0.2, 0.25) is 0 Å². The molecule has 0 spiro atoms. The average molecular weight is 902 g/mol. The van der Waals surface area contributed by atoms with Crippen LogP contribution in [0.1, 0.15) is 0 Å². The van der Waals surface area contributed by atoms with Crippen molar-refractivity contribution in [2.75, 3.05) is 9.80 Å². The molecule has 0 saturated heterocycles. The van der Waals surface area contributed by atoms with Crippen molar-refractivity contribution < 1.29 is 8.83 Å². The molecular weight excluding hydrogens is 867 g/mol. The van der Waals surface area contributed by atoms with Crippen LogP contribution in [0.3, 0.4) is 0 Å². The van der Waals surface area contributed by atoms with Crippen molar-refractivity contribution in [2.45, 2.75) is 0 Å². The number of furan rings is 2. The number of thiophene rings is 1. The molecule has 0 bridgehead atoms. The number of benzene rings is 10. The first-order valence-electron chi connectivity index (χ1n) is 23.0. The number of para-hydroxylation sites is 2. The highest BCUT2D eigenvalue weighted by Gasteiger charge is 2.25. The molecule has 69 heavy (non-hydrogen) atoms. The molecule has 0 N–H and O–H groups in total. The third-order valence-electron chi connectivity index (χ3n) is 13.7. The summed E-state index contributed by atoms with van der Waals surface area (Å²) in [6.07, 6.45) is 3.86. The van der Waals surface area contributed by atoms with E-state index in [0.29, 0.717) is 5.82 Å². The van der Waals surface area contributed by atoms with E-state index in [9.17, 15) is 0 Å². The summed E-state index contributed by atoms with van der Waals surface area (Å²) >= 11 is 1.60. The van der Waals surface area contributed by atoms with E-state index in [2.05, 4.69) is 186 Å². The molecular formula is C61H35N5O2S.